The summed E-state index contributed by atoms with van der Waals surface area (Å²) in [6, 6.07) is 6.27. The predicted molar refractivity (Wildman–Crippen MR) is 101 cm³/mol. The summed E-state index contributed by atoms with van der Waals surface area (Å²) >= 11 is 5.86. The molecule has 1 aromatic carbocycles. The first-order valence-corrected chi connectivity index (χ1v) is 8.86. The number of hydrogen-bond acceptors (Lipinski definition) is 5. The van der Waals surface area contributed by atoms with E-state index in [4.69, 9.17) is 21.4 Å². The Morgan fingerprint density at radius 1 is 1.07 bits per heavy atom. The zero-order chi connectivity index (χ0) is 21.3. The van der Waals surface area contributed by atoms with Gasteiger partial charge in [-0.25, -0.2) is 4.79 Å². The van der Waals surface area contributed by atoms with Crippen LogP contribution in [0, 0.1) is 0 Å². The maximum absolute atomic E-state index is 12.1. The summed E-state index contributed by atoms with van der Waals surface area (Å²) in [5, 5.41) is 11.7. The molecule has 3 amide bonds. The summed E-state index contributed by atoms with van der Waals surface area (Å²) in [7, 11) is 0. The second kappa shape index (κ2) is 10.5. The van der Waals surface area contributed by atoms with Crippen LogP contribution in [0.1, 0.15) is 39.2 Å². The molecule has 1 unspecified atom stereocenters. The number of ether oxygens (including phenoxy) is 1. The number of rotatable bonds is 7. The Kier molecular flexibility index (Phi) is 8.72. The number of benzene rings is 1. The summed E-state index contributed by atoms with van der Waals surface area (Å²) in [5.41, 5.74) is 4.24. The van der Waals surface area contributed by atoms with E-state index in [1.54, 1.807) is 45.0 Å². The van der Waals surface area contributed by atoms with Crippen LogP contribution in [0.5, 0.6) is 0 Å². The number of nitrogens with one attached hydrogen (secondary N) is 3. The molecule has 154 valence electrons. The van der Waals surface area contributed by atoms with Gasteiger partial charge < -0.3 is 15.2 Å². The number of hydrogen-bond donors (Lipinski definition) is 4. The van der Waals surface area contributed by atoms with Gasteiger partial charge in [0.25, 0.3) is 0 Å². The highest BCUT2D eigenvalue weighted by molar-refractivity contribution is 6.30. The molecule has 0 bridgehead atoms. The van der Waals surface area contributed by atoms with Crippen LogP contribution in [0.3, 0.4) is 0 Å². The molecule has 0 heterocycles. The standard InChI is InChI=1S/C18H24ClN3O6/c1-18(2,3)28-17(27)20-13(8-11-4-6-12(19)7-5-11)9-14(23)21-22-15(24)10-16(25)26/h4-7,13H,8-10H2,1-3H3,(H,20,27)(H,21,23)(H,22,24)(H,25,26). The molecule has 9 nitrogen and oxygen atoms in total. The fourth-order valence-electron chi connectivity index (χ4n) is 2.15. The quantitative estimate of drug-likeness (QED) is 0.397. The van der Waals surface area contributed by atoms with E-state index in [1.165, 1.54) is 0 Å². The summed E-state index contributed by atoms with van der Waals surface area (Å²) < 4.78 is 5.21. The lowest BCUT2D eigenvalue weighted by Crippen LogP contribution is -2.47. The molecule has 0 saturated carbocycles. The molecular formula is C18H24ClN3O6. The zero-order valence-electron chi connectivity index (χ0n) is 15.9. The van der Waals surface area contributed by atoms with Crippen LogP contribution in [-0.4, -0.2) is 40.6 Å². The van der Waals surface area contributed by atoms with Crippen molar-refractivity contribution in [2.75, 3.05) is 0 Å². The molecular weight excluding hydrogens is 390 g/mol. The number of halogens is 1. The first-order valence-electron chi connectivity index (χ1n) is 8.48. The molecule has 1 aromatic rings. The largest absolute Gasteiger partial charge is 0.481 e. The van der Waals surface area contributed by atoms with E-state index in [1.807, 2.05) is 5.43 Å². The second-order valence-corrected chi connectivity index (χ2v) is 7.48. The minimum atomic E-state index is -1.32. The van der Waals surface area contributed by atoms with Crippen molar-refractivity contribution in [2.45, 2.75) is 51.7 Å². The summed E-state index contributed by atoms with van der Waals surface area (Å²) in [5.74, 6) is -2.79. The fraction of sp³-hybridized carbons (Fsp3) is 0.444. The molecule has 0 fully saturated rings. The summed E-state index contributed by atoms with van der Waals surface area (Å²) in [6.45, 7) is 5.14. The maximum atomic E-state index is 12.1. The first kappa shape index (κ1) is 23.2. The molecule has 0 spiro atoms. The normalized spacial score (nSPS) is 11.9. The monoisotopic (exact) mass is 413 g/mol. The van der Waals surface area contributed by atoms with E-state index in [0.717, 1.165) is 5.56 Å². The van der Waals surface area contributed by atoms with Crippen molar-refractivity contribution >= 4 is 35.5 Å². The van der Waals surface area contributed by atoms with Crippen LogP contribution >= 0.6 is 11.6 Å². The van der Waals surface area contributed by atoms with Crippen LogP contribution in [0.15, 0.2) is 24.3 Å². The maximum Gasteiger partial charge on any atom is 0.407 e. The third-order valence-electron chi connectivity index (χ3n) is 3.20. The smallest absolute Gasteiger partial charge is 0.407 e. The third-order valence-corrected chi connectivity index (χ3v) is 3.45. The first-order chi connectivity index (χ1) is 12.9. The van der Waals surface area contributed by atoms with Crippen molar-refractivity contribution in [3.8, 4) is 0 Å². The number of carboxylic acids is 1. The van der Waals surface area contributed by atoms with Crippen molar-refractivity contribution in [3.05, 3.63) is 34.9 Å². The third kappa shape index (κ3) is 10.4. The van der Waals surface area contributed by atoms with Gasteiger partial charge in [0, 0.05) is 17.5 Å². The van der Waals surface area contributed by atoms with Gasteiger partial charge in [-0.15, -0.1) is 0 Å². The van der Waals surface area contributed by atoms with E-state index in [-0.39, 0.29) is 6.42 Å². The molecule has 28 heavy (non-hydrogen) atoms. The Labute approximate surface area is 167 Å². The van der Waals surface area contributed by atoms with Gasteiger partial charge >= 0.3 is 12.1 Å². The number of carboxylic acid groups (broad SMARTS) is 1. The fourth-order valence-corrected chi connectivity index (χ4v) is 2.28. The Bertz CT molecular complexity index is 715. The van der Waals surface area contributed by atoms with Gasteiger partial charge in [0.05, 0.1) is 0 Å². The van der Waals surface area contributed by atoms with Crippen LogP contribution in [0.2, 0.25) is 5.02 Å². The number of aliphatic carboxylic acids is 1. The number of carbonyl (C=O) groups is 4. The van der Waals surface area contributed by atoms with Gasteiger partial charge in [0.1, 0.15) is 12.0 Å². The molecule has 1 atom stereocenters. The van der Waals surface area contributed by atoms with Gasteiger partial charge in [-0.1, -0.05) is 23.7 Å². The number of hydrazine groups is 1. The van der Waals surface area contributed by atoms with E-state index >= 15 is 0 Å². The van der Waals surface area contributed by atoms with Gasteiger partial charge in [-0.3, -0.25) is 25.2 Å². The highest BCUT2D eigenvalue weighted by atomic mass is 35.5. The molecule has 0 aliphatic rings. The molecule has 4 N–H and O–H groups in total. The number of alkyl carbamates (subject to hydrolysis) is 1. The van der Waals surface area contributed by atoms with Crippen molar-refractivity contribution < 1.29 is 29.0 Å². The van der Waals surface area contributed by atoms with E-state index in [0.29, 0.717) is 11.4 Å². The van der Waals surface area contributed by atoms with Gasteiger partial charge in [-0.05, 0) is 44.9 Å². The van der Waals surface area contributed by atoms with Crippen LogP contribution in [0.4, 0.5) is 4.79 Å². The minimum absolute atomic E-state index is 0.171. The zero-order valence-corrected chi connectivity index (χ0v) is 16.6. The van der Waals surface area contributed by atoms with E-state index < -0.39 is 41.9 Å². The average Bonchev–Trinajstić information content (AvgIpc) is 2.52. The molecule has 1 rings (SSSR count). The highest BCUT2D eigenvalue weighted by Gasteiger charge is 2.22. The molecule has 0 aliphatic carbocycles. The lowest BCUT2D eigenvalue weighted by Gasteiger charge is -2.23. The average molecular weight is 414 g/mol. The number of amides is 3. The van der Waals surface area contributed by atoms with Crippen LogP contribution in [0.25, 0.3) is 0 Å². The van der Waals surface area contributed by atoms with Crippen molar-refractivity contribution in [2.24, 2.45) is 0 Å². The van der Waals surface area contributed by atoms with Crippen molar-refractivity contribution in [3.63, 3.8) is 0 Å². The summed E-state index contributed by atoms with van der Waals surface area (Å²) in [4.78, 5) is 45.9. The Hall–Kier alpha value is -2.81. The molecule has 0 radical (unpaired) electrons. The Morgan fingerprint density at radius 2 is 1.64 bits per heavy atom. The van der Waals surface area contributed by atoms with Gasteiger partial charge in [-0.2, -0.15) is 0 Å². The lowest BCUT2D eigenvalue weighted by molar-refractivity contribution is -0.142. The Morgan fingerprint density at radius 3 is 2.18 bits per heavy atom. The second-order valence-electron chi connectivity index (χ2n) is 7.04. The summed E-state index contributed by atoms with van der Waals surface area (Å²) in [6.07, 6.45) is -1.32. The minimum Gasteiger partial charge on any atom is -0.481 e. The Balaban J connectivity index is 2.71. The van der Waals surface area contributed by atoms with Gasteiger partial charge in [0.15, 0.2) is 0 Å². The lowest BCUT2D eigenvalue weighted by atomic mass is 10.0. The molecule has 0 aromatic heterocycles. The predicted octanol–water partition coefficient (Wildman–Crippen LogP) is 1.79. The molecule has 0 saturated heterocycles. The number of carbonyl (C=O) groups excluding carboxylic acids is 3. The van der Waals surface area contributed by atoms with Crippen LogP contribution in [-0.2, 0) is 25.5 Å². The molecule has 0 aliphatic heterocycles. The molecule has 10 heteroatoms. The van der Waals surface area contributed by atoms with Gasteiger partial charge in [0.2, 0.25) is 11.8 Å². The van der Waals surface area contributed by atoms with Crippen molar-refractivity contribution in [1.29, 1.82) is 0 Å². The van der Waals surface area contributed by atoms with Crippen LogP contribution < -0.4 is 16.2 Å². The van der Waals surface area contributed by atoms with E-state index in [9.17, 15) is 19.2 Å². The SMILES string of the molecule is CC(C)(C)OC(=O)NC(CC(=O)NNC(=O)CC(=O)O)Cc1ccc(Cl)cc1. The topological polar surface area (TPSA) is 134 Å². The van der Waals surface area contributed by atoms with Crippen molar-refractivity contribution in [1.82, 2.24) is 16.2 Å². The highest BCUT2D eigenvalue weighted by Crippen LogP contribution is 2.13. The van der Waals surface area contributed by atoms with E-state index in [2.05, 4.69) is 10.7 Å².